The van der Waals surface area contributed by atoms with E-state index in [2.05, 4.69) is 15.5 Å². The minimum atomic E-state index is -0.433. The molecule has 18 heavy (non-hydrogen) atoms. The number of hydrogen-bond acceptors (Lipinski definition) is 5. The fourth-order valence-corrected chi connectivity index (χ4v) is 1.51. The summed E-state index contributed by atoms with van der Waals surface area (Å²) in [6, 6.07) is 4.57. The molecule has 94 valence electrons. The van der Waals surface area contributed by atoms with Crippen molar-refractivity contribution in [2.24, 2.45) is 0 Å². The van der Waals surface area contributed by atoms with Crippen molar-refractivity contribution in [1.82, 2.24) is 10.2 Å². The van der Waals surface area contributed by atoms with Crippen molar-refractivity contribution in [2.45, 2.75) is 6.54 Å². The van der Waals surface area contributed by atoms with Crippen LogP contribution in [0.15, 0.2) is 30.6 Å². The van der Waals surface area contributed by atoms with E-state index in [4.69, 9.17) is 4.74 Å². The smallest absolute Gasteiger partial charge is 0.292 e. The molecule has 2 aromatic rings. The second kappa shape index (κ2) is 5.17. The van der Waals surface area contributed by atoms with Crippen LogP contribution in [0.1, 0.15) is 5.56 Å². The lowest BCUT2D eigenvalue weighted by Gasteiger charge is -2.07. The molecule has 0 bridgehead atoms. The van der Waals surface area contributed by atoms with E-state index in [1.54, 1.807) is 24.5 Å². The number of rotatable bonds is 5. The van der Waals surface area contributed by atoms with E-state index in [-0.39, 0.29) is 5.69 Å². The Hall–Kier alpha value is -2.57. The van der Waals surface area contributed by atoms with Crippen molar-refractivity contribution >= 4 is 11.4 Å². The average Bonchev–Trinajstić information content (AvgIpc) is 2.88. The Bertz CT molecular complexity index is 539. The molecule has 0 fully saturated rings. The highest BCUT2D eigenvalue weighted by atomic mass is 16.6. The van der Waals surface area contributed by atoms with Crippen LogP contribution in [0.5, 0.6) is 5.75 Å². The van der Waals surface area contributed by atoms with Gasteiger partial charge in [-0.05, 0) is 6.07 Å². The number of ether oxygens (including phenoxy) is 1. The molecule has 0 radical (unpaired) electrons. The Balaban J connectivity index is 2.20. The topological polar surface area (TPSA) is 93.1 Å². The third-order valence-electron chi connectivity index (χ3n) is 2.44. The molecule has 1 heterocycles. The molecule has 2 N–H and O–H groups in total. The zero-order valence-corrected chi connectivity index (χ0v) is 9.71. The number of hydrogen-bond donors (Lipinski definition) is 2. The largest absolute Gasteiger partial charge is 0.497 e. The number of H-pyrrole nitrogens is 1. The molecule has 0 spiro atoms. The van der Waals surface area contributed by atoms with Gasteiger partial charge in [0.15, 0.2) is 0 Å². The maximum absolute atomic E-state index is 10.9. The summed E-state index contributed by atoms with van der Waals surface area (Å²) in [6.07, 6.45) is 3.37. The Morgan fingerprint density at radius 3 is 3.00 bits per heavy atom. The molecule has 0 aliphatic heterocycles. The summed E-state index contributed by atoms with van der Waals surface area (Å²) in [7, 11) is 1.51. The van der Waals surface area contributed by atoms with Gasteiger partial charge in [-0.15, -0.1) is 0 Å². The Morgan fingerprint density at radius 2 is 2.39 bits per heavy atom. The lowest BCUT2D eigenvalue weighted by atomic mass is 10.2. The summed E-state index contributed by atoms with van der Waals surface area (Å²) in [5.74, 6) is 0.565. The van der Waals surface area contributed by atoms with Gasteiger partial charge in [0.05, 0.1) is 18.2 Å². The van der Waals surface area contributed by atoms with E-state index >= 15 is 0 Å². The third kappa shape index (κ3) is 2.57. The van der Waals surface area contributed by atoms with Crippen molar-refractivity contribution in [3.8, 4) is 5.75 Å². The van der Waals surface area contributed by atoms with Gasteiger partial charge in [0.1, 0.15) is 11.4 Å². The lowest BCUT2D eigenvalue weighted by molar-refractivity contribution is -0.384. The van der Waals surface area contributed by atoms with E-state index in [0.29, 0.717) is 18.0 Å². The Labute approximate surface area is 103 Å². The van der Waals surface area contributed by atoms with Gasteiger partial charge in [-0.1, -0.05) is 0 Å². The summed E-state index contributed by atoms with van der Waals surface area (Å²) < 4.78 is 5.05. The highest BCUT2D eigenvalue weighted by Crippen LogP contribution is 2.29. The van der Waals surface area contributed by atoms with E-state index in [9.17, 15) is 10.1 Å². The molecule has 0 unspecified atom stereocenters. The number of nitro groups is 1. The van der Waals surface area contributed by atoms with Crippen molar-refractivity contribution in [3.63, 3.8) is 0 Å². The zero-order chi connectivity index (χ0) is 13.0. The molecule has 0 aliphatic carbocycles. The van der Waals surface area contributed by atoms with E-state index in [1.807, 2.05) is 0 Å². The van der Waals surface area contributed by atoms with E-state index in [1.165, 1.54) is 13.2 Å². The zero-order valence-electron chi connectivity index (χ0n) is 9.71. The normalized spacial score (nSPS) is 10.1. The van der Waals surface area contributed by atoms with Gasteiger partial charge in [-0.2, -0.15) is 5.10 Å². The molecular formula is C11H12N4O3. The molecule has 0 atom stereocenters. The highest BCUT2D eigenvalue weighted by molar-refractivity contribution is 5.64. The number of benzene rings is 1. The van der Waals surface area contributed by atoms with Crippen LogP contribution in [-0.2, 0) is 6.54 Å². The number of methoxy groups -OCH3 is 1. The second-order valence-electron chi connectivity index (χ2n) is 3.60. The van der Waals surface area contributed by atoms with Gasteiger partial charge < -0.3 is 10.1 Å². The van der Waals surface area contributed by atoms with E-state index in [0.717, 1.165) is 5.56 Å². The molecule has 7 heteroatoms. The molecule has 0 saturated carbocycles. The maximum Gasteiger partial charge on any atom is 0.292 e. The van der Waals surface area contributed by atoms with Crippen LogP contribution >= 0.6 is 0 Å². The average molecular weight is 248 g/mol. The summed E-state index contributed by atoms with van der Waals surface area (Å²) in [5, 5.41) is 20.4. The molecule has 0 saturated heterocycles. The molecule has 1 aromatic carbocycles. The summed E-state index contributed by atoms with van der Waals surface area (Å²) in [5.41, 5.74) is 1.34. The molecule has 2 rings (SSSR count). The molecule has 0 amide bonds. The number of nitrogens with one attached hydrogen (secondary N) is 2. The number of nitro benzene ring substituents is 1. The van der Waals surface area contributed by atoms with Crippen LogP contribution < -0.4 is 10.1 Å². The van der Waals surface area contributed by atoms with Crippen molar-refractivity contribution in [3.05, 3.63) is 46.3 Å². The number of aromatic amines is 1. The Morgan fingerprint density at radius 1 is 1.56 bits per heavy atom. The van der Waals surface area contributed by atoms with Gasteiger partial charge in [0, 0.05) is 30.4 Å². The van der Waals surface area contributed by atoms with E-state index < -0.39 is 4.92 Å². The van der Waals surface area contributed by atoms with Gasteiger partial charge in [0.25, 0.3) is 5.69 Å². The first-order chi connectivity index (χ1) is 8.70. The number of aromatic nitrogens is 2. The van der Waals surface area contributed by atoms with Crippen LogP contribution in [0.3, 0.4) is 0 Å². The van der Waals surface area contributed by atoms with Crippen LogP contribution in [0.4, 0.5) is 11.4 Å². The van der Waals surface area contributed by atoms with Crippen molar-refractivity contribution < 1.29 is 9.66 Å². The SMILES string of the molecule is COc1ccc([N+](=O)[O-])c(NCc2cn[nH]c2)c1. The predicted molar refractivity (Wildman–Crippen MR) is 65.6 cm³/mol. The first-order valence-corrected chi connectivity index (χ1v) is 5.24. The first-order valence-electron chi connectivity index (χ1n) is 5.24. The quantitative estimate of drug-likeness (QED) is 0.623. The van der Waals surface area contributed by atoms with Gasteiger partial charge in [0.2, 0.25) is 0 Å². The van der Waals surface area contributed by atoms with Crippen LogP contribution in [0.25, 0.3) is 0 Å². The van der Waals surface area contributed by atoms with Crippen LogP contribution in [0, 0.1) is 10.1 Å². The fraction of sp³-hybridized carbons (Fsp3) is 0.182. The standard InChI is InChI=1S/C11H12N4O3/c1-18-9-2-3-11(15(16)17)10(4-9)12-5-8-6-13-14-7-8/h2-4,6-7,12H,5H2,1H3,(H,13,14). The predicted octanol–water partition coefficient (Wildman–Crippen LogP) is 1.94. The lowest BCUT2D eigenvalue weighted by Crippen LogP contribution is -2.02. The van der Waals surface area contributed by atoms with Gasteiger partial charge in [-0.25, -0.2) is 0 Å². The first kappa shape index (κ1) is 11.9. The number of anilines is 1. The summed E-state index contributed by atoms with van der Waals surface area (Å²) in [6.45, 7) is 0.449. The highest BCUT2D eigenvalue weighted by Gasteiger charge is 2.14. The van der Waals surface area contributed by atoms with Gasteiger partial charge in [-0.3, -0.25) is 15.2 Å². The maximum atomic E-state index is 10.9. The van der Waals surface area contributed by atoms with Crippen LogP contribution in [-0.4, -0.2) is 22.2 Å². The van der Waals surface area contributed by atoms with Gasteiger partial charge >= 0.3 is 0 Å². The molecular weight excluding hydrogens is 236 g/mol. The molecule has 7 nitrogen and oxygen atoms in total. The third-order valence-corrected chi connectivity index (χ3v) is 2.44. The summed E-state index contributed by atoms with van der Waals surface area (Å²) in [4.78, 5) is 10.5. The Kier molecular flexibility index (Phi) is 3.42. The number of nitrogens with zero attached hydrogens (tertiary/aromatic N) is 2. The minimum Gasteiger partial charge on any atom is -0.497 e. The fourth-order valence-electron chi connectivity index (χ4n) is 1.51. The van der Waals surface area contributed by atoms with Crippen molar-refractivity contribution in [2.75, 3.05) is 12.4 Å². The molecule has 1 aromatic heterocycles. The minimum absolute atomic E-state index is 0.0132. The summed E-state index contributed by atoms with van der Waals surface area (Å²) >= 11 is 0. The van der Waals surface area contributed by atoms with Crippen molar-refractivity contribution in [1.29, 1.82) is 0 Å². The molecule has 0 aliphatic rings. The van der Waals surface area contributed by atoms with Crippen LogP contribution in [0.2, 0.25) is 0 Å². The monoisotopic (exact) mass is 248 g/mol. The second-order valence-corrected chi connectivity index (χ2v) is 3.60.